The van der Waals surface area contributed by atoms with Crippen LogP contribution in [0.1, 0.15) is 48.8 Å². The maximum Gasteiger partial charge on any atom is 0.418 e. The number of anilines is 2. The maximum atomic E-state index is 14.2. The molecule has 0 spiro atoms. The van der Waals surface area contributed by atoms with E-state index in [4.69, 9.17) is 31.5 Å². The molecule has 322 valence electrons. The molecule has 2 aromatic rings. The van der Waals surface area contributed by atoms with Crippen molar-refractivity contribution >= 4 is 47.0 Å². The van der Waals surface area contributed by atoms with Gasteiger partial charge in [0.1, 0.15) is 6.61 Å². The number of alkyl halides is 3. The third-order valence-electron chi connectivity index (χ3n) is 12.3. The van der Waals surface area contributed by atoms with Crippen LogP contribution in [0.2, 0.25) is 5.02 Å². The Hall–Kier alpha value is -4.32. The van der Waals surface area contributed by atoms with Gasteiger partial charge in [0.25, 0.3) is 5.91 Å². The van der Waals surface area contributed by atoms with Gasteiger partial charge in [-0.05, 0) is 74.4 Å². The largest absolute Gasteiger partial charge is 0.464 e. The fourth-order valence-corrected chi connectivity index (χ4v) is 9.14. The lowest BCUT2D eigenvalue weighted by Crippen LogP contribution is -2.52. The van der Waals surface area contributed by atoms with E-state index in [1.54, 1.807) is 9.80 Å². The number of halogens is 4. The predicted octanol–water partition coefficient (Wildman–Crippen LogP) is 4.73. The number of fused-ring (bicyclic) bond motifs is 1. The first kappa shape index (κ1) is 42.8. The van der Waals surface area contributed by atoms with Crippen LogP contribution in [0, 0.1) is 5.92 Å². The van der Waals surface area contributed by atoms with Crippen LogP contribution in [0.25, 0.3) is 0 Å². The van der Waals surface area contributed by atoms with Crippen LogP contribution < -0.4 is 11.1 Å². The van der Waals surface area contributed by atoms with Crippen LogP contribution in [0.15, 0.2) is 36.4 Å². The highest BCUT2D eigenvalue weighted by Gasteiger charge is 2.40. The van der Waals surface area contributed by atoms with Crippen molar-refractivity contribution in [3.05, 3.63) is 58.1 Å². The zero-order valence-corrected chi connectivity index (χ0v) is 33.9. The van der Waals surface area contributed by atoms with Crippen molar-refractivity contribution in [2.45, 2.75) is 69.3 Å². The summed E-state index contributed by atoms with van der Waals surface area (Å²) in [7, 11) is 0. The fourth-order valence-electron chi connectivity index (χ4n) is 8.90. The lowest BCUT2D eigenvalue weighted by Gasteiger charge is -2.39. The number of carbonyl (C=O) groups is 4. The third-order valence-corrected chi connectivity index (χ3v) is 12.7. The van der Waals surface area contributed by atoms with Crippen LogP contribution in [-0.4, -0.2) is 152 Å². The van der Waals surface area contributed by atoms with E-state index in [1.165, 1.54) is 11.0 Å². The van der Waals surface area contributed by atoms with E-state index in [9.17, 15) is 32.3 Å². The topological polar surface area (TPSA) is 150 Å². The van der Waals surface area contributed by atoms with Gasteiger partial charge < -0.3 is 40.0 Å². The third kappa shape index (κ3) is 10.5. The van der Waals surface area contributed by atoms with Gasteiger partial charge >= 0.3 is 24.3 Å². The monoisotopic (exact) mass is 847 g/mol. The number of nitrogens with zero attached hydrogens (tertiary/aromatic N) is 5. The Morgan fingerprint density at radius 2 is 1.61 bits per heavy atom. The summed E-state index contributed by atoms with van der Waals surface area (Å²) in [6.07, 6.45) is -3.78. The van der Waals surface area contributed by atoms with Gasteiger partial charge in [0.15, 0.2) is 6.10 Å². The van der Waals surface area contributed by atoms with Crippen molar-refractivity contribution in [3.8, 4) is 0 Å². The summed E-state index contributed by atoms with van der Waals surface area (Å²) in [5, 5.41) is 2.67. The molecule has 4 saturated heterocycles. The molecule has 4 fully saturated rings. The molecule has 2 atom stereocenters. The molecule has 14 nitrogen and oxygen atoms in total. The standard InChI is InChI=1S/C41H53ClF3N7O7/c42-33-24-27(23-32(36(33)46)41(43,44)45)25-35(59-40(56)50-14-9-31(10-15-50)52-16-6-28-3-1-2-4-34(28)47-39(52)55)37(53)49-12-7-30(8-13-49)51-11-5-29(26-51)38(54)58-22-19-48-17-20-57-21-18-48/h1-4,23-24,29-31,35H,5-22,25-26,46H2,(H,47,55)/t29-,35+/m0/s1. The van der Waals surface area contributed by atoms with Gasteiger partial charge in [-0.3, -0.25) is 19.4 Å². The highest BCUT2D eigenvalue weighted by Crippen LogP contribution is 2.38. The van der Waals surface area contributed by atoms with Gasteiger partial charge in [-0.25, -0.2) is 9.59 Å². The Morgan fingerprint density at radius 1 is 0.915 bits per heavy atom. The van der Waals surface area contributed by atoms with E-state index in [0.717, 1.165) is 37.0 Å². The molecule has 0 unspecified atom stereocenters. The van der Waals surface area contributed by atoms with Crippen LogP contribution in [-0.2, 0) is 42.8 Å². The summed E-state index contributed by atoms with van der Waals surface area (Å²) < 4.78 is 58.6. The van der Waals surface area contributed by atoms with Gasteiger partial charge in [0, 0.05) is 83.1 Å². The summed E-state index contributed by atoms with van der Waals surface area (Å²) in [6, 6.07) is 9.56. The molecule has 4 amide bonds. The van der Waals surface area contributed by atoms with Crippen molar-refractivity contribution < 1.29 is 46.6 Å². The number of benzene rings is 2. The number of hydrogen-bond donors (Lipinski definition) is 2. The minimum Gasteiger partial charge on any atom is -0.464 e. The Labute approximate surface area is 347 Å². The molecule has 0 aromatic heterocycles. The van der Waals surface area contributed by atoms with Crippen LogP contribution in [0.4, 0.5) is 34.1 Å². The Kier molecular flexibility index (Phi) is 13.7. The number of nitrogens with two attached hydrogens (primary N) is 1. The number of amides is 4. The second-order valence-electron chi connectivity index (χ2n) is 16.0. The van der Waals surface area contributed by atoms with E-state index >= 15 is 0 Å². The van der Waals surface area contributed by atoms with Crippen LogP contribution in [0.5, 0.6) is 0 Å². The molecule has 5 heterocycles. The minimum atomic E-state index is -4.80. The maximum absolute atomic E-state index is 14.2. The van der Waals surface area contributed by atoms with E-state index in [0.29, 0.717) is 91.1 Å². The van der Waals surface area contributed by atoms with Gasteiger partial charge in [-0.1, -0.05) is 29.8 Å². The van der Waals surface area contributed by atoms with E-state index < -0.39 is 35.5 Å². The molecule has 2 aromatic carbocycles. The normalized spacial score (nSPS) is 22.1. The van der Waals surface area contributed by atoms with Crippen molar-refractivity contribution in [2.75, 3.05) is 96.3 Å². The van der Waals surface area contributed by atoms with Gasteiger partial charge in [-0.15, -0.1) is 0 Å². The zero-order chi connectivity index (χ0) is 41.7. The molecule has 59 heavy (non-hydrogen) atoms. The second-order valence-corrected chi connectivity index (χ2v) is 16.4. The number of urea groups is 1. The first-order valence-corrected chi connectivity index (χ1v) is 21.0. The van der Waals surface area contributed by atoms with Crippen LogP contribution in [0.3, 0.4) is 0 Å². The number of morpholine rings is 1. The van der Waals surface area contributed by atoms with Crippen molar-refractivity contribution in [2.24, 2.45) is 5.92 Å². The number of rotatable bonds is 10. The van der Waals surface area contributed by atoms with Crippen LogP contribution >= 0.6 is 11.6 Å². The highest BCUT2D eigenvalue weighted by atomic mass is 35.5. The first-order valence-electron chi connectivity index (χ1n) is 20.6. The molecular weight excluding hydrogens is 795 g/mol. The number of hydrogen-bond acceptors (Lipinski definition) is 10. The minimum absolute atomic E-state index is 0.0457. The molecule has 5 aliphatic rings. The van der Waals surface area contributed by atoms with E-state index in [2.05, 4.69) is 15.1 Å². The predicted molar refractivity (Wildman–Crippen MR) is 213 cm³/mol. The van der Waals surface area contributed by atoms with Gasteiger partial charge in [0.05, 0.1) is 35.4 Å². The van der Waals surface area contributed by atoms with Gasteiger partial charge in [-0.2, -0.15) is 13.2 Å². The summed E-state index contributed by atoms with van der Waals surface area (Å²) in [5.74, 6) is -0.936. The number of esters is 1. The SMILES string of the molecule is Nc1c(Cl)cc(C[C@@H](OC(=O)N2CCC(N3CCc4ccccc4NC3=O)CC2)C(=O)N2CCC(N3CC[C@H](C(=O)OCCN4CCOCC4)C3)CC2)cc1C(F)(F)F. The highest BCUT2D eigenvalue weighted by molar-refractivity contribution is 6.33. The average molecular weight is 848 g/mol. The second kappa shape index (κ2) is 18.9. The number of nitrogen functional groups attached to an aromatic ring is 1. The van der Waals surface area contributed by atoms with Crippen molar-refractivity contribution in [3.63, 3.8) is 0 Å². The lowest BCUT2D eigenvalue weighted by atomic mass is 10.00. The molecule has 0 saturated carbocycles. The number of nitrogens with one attached hydrogen (secondary N) is 1. The molecule has 0 radical (unpaired) electrons. The number of piperidine rings is 2. The molecule has 0 bridgehead atoms. The summed E-state index contributed by atoms with van der Waals surface area (Å²) in [4.78, 5) is 63.2. The number of likely N-dealkylation sites (tertiary alicyclic amines) is 3. The molecular formula is C41H53ClF3N7O7. The Morgan fingerprint density at radius 3 is 2.34 bits per heavy atom. The zero-order valence-electron chi connectivity index (χ0n) is 33.1. The Bertz CT molecular complexity index is 1830. The molecule has 3 N–H and O–H groups in total. The summed E-state index contributed by atoms with van der Waals surface area (Å²) in [5.41, 5.74) is 5.80. The molecule has 5 aliphatic heterocycles. The quantitative estimate of drug-likeness (QED) is 0.254. The molecule has 0 aliphatic carbocycles. The smallest absolute Gasteiger partial charge is 0.418 e. The number of carbonyl (C=O) groups excluding carboxylic acids is 4. The Balaban J connectivity index is 0.954. The molecule has 18 heteroatoms. The first-order chi connectivity index (χ1) is 28.3. The van der Waals surface area contributed by atoms with Gasteiger partial charge in [0.2, 0.25) is 0 Å². The lowest BCUT2D eigenvalue weighted by molar-refractivity contribution is -0.148. The summed E-state index contributed by atoms with van der Waals surface area (Å²) in [6.45, 7) is 7.05. The number of para-hydroxylation sites is 1. The van der Waals surface area contributed by atoms with Crippen molar-refractivity contribution in [1.29, 1.82) is 0 Å². The average Bonchev–Trinajstić information content (AvgIpc) is 3.66. The van der Waals surface area contributed by atoms with Crippen molar-refractivity contribution in [1.82, 2.24) is 24.5 Å². The fraction of sp³-hybridized carbons (Fsp3) is 0.610. The van der Waals surface area contributed by atoms with E-state index in [-0.39, 0.29) is 60.1 Å². The van der Waals surface area contributed by atoms with E-state index in [1.807, 2.05) is 24.3 Å². The molecule has 7 rings (SSSR count). The number of ether oxygens (including phenoxy) is 3. The summed E-state index contributed by atoms with van der Waals surface area (Å²) >= 11 is 6.15.